The first-order valence-electron chi connectivity index (χ1n) is 14.8. The molecule has 3 aliphatic rings. The monoisotopic (exact) mass is 591 g/mol. The highest BCUT2D eigenvalue weighted by Gasteiger charge is 2.58. The molecule has 10 heteroatoms. The average molecular weight is 592 g/mol. The van der Waals surface area contributed by atoms with Gasteiger partial charge in [0.05, 0.1) is 12.0 Å². The smallest absolute Gasteiger partial charge is 0.395 e. The molecular formula is C32H41F4N3O3. The Kier molecular flexibility index (Phi) is 10.2. The van der Waals surface area contributed by atoms with Crippen molar-refractivity contribution in [2.45, 2.75) is 70.5 Å². The van der Waals surface area contributed by atoms with Crippen molar-refractivity contribution >= 4 is 17.4 Å². The molecule has 42 heavy (non-hydrogen) atoms. The van der Waals surface area contributed by atoms with E-state index in [4.69, 9.17) is 10.5 Å². The average Bonchev–Trinajstić information content (AvgIpc) is 2.94. The number of ether oxygens (including phenoxy) is 1. The summed E-state index contributed by atoms with van der Waals surface area (Å²) in [4.78, 5) is 28.3. The highest BCUT2D eigenvalue weighted by Crippen LogP contribution is 2.53. The number of allylic oxidation sites excluding steroid dienone is 3. The van der Waals surface area contributed by atoms with Gasteiger partial charge in [-0.25, -0.2) is 4.39 Å². The summed E-state index contributed by atoms with van der Waals surface area (Å²) < 4.78 is 61.3. The third-order valence-electron chi connectivity index (χ3n) is 9.08. The maximum Gasteiger partial charge on any atom is 0.395 e. The minimum absolute atomic E-state index is 0.0663. The molecule has 2 heterocycles. The second-order valence-electron chi connectivity index (χ2n) is 11.9. The first-order chi connectivity index (χ1) is 19.9. The number of halogens is 4. The van der Waals surface area contributed by atoms with Crippen LogP contribution in [0.3, 0.4) is 0 Å². The van der Waals surface area contributed by atoms with E-state index in [2.05, 4.69) is 6.58 Å². The Labute approximate surface area is 245 Å². The van der Waals surface area contributed by atoms with Crippen LogP contribution in [0.2, 0.25) is 0 Å². The highest BCUT2D eigenvalue weighted by molar-refractivity contribution is 5.99. The Bertz CT molecular complexity index is 1210. The number of hydrogen-bond donors (Lipinski definition) is 1. The molecule has 230 valence electrons. The van der Waals surface area contributed by atoms with E-state index in [-0.39, 0.29) is 37.0 Å². The van der Waals surface area contributed by atoms with E-state index in [1.807, 2.05) is 4.90 Å². The molecule has 1 atom stereocenters. The van der Waals surface area contributed by atoms with Gasteiger partial charge in [0.2, 0.25) is 5.91 Å². The molecular weight excluding hydrogens is 550 g/mol. The van der Waals surface area contributed by atoms with Crippen molar-refractivity contribution in [1.29, 1.82) is 0 Å². The number of piperidine rings is 2. The molecule has 6 nitrogen and oxygen atoms in total. The van der Waals surface area contributed by atoms with Crippen molar-refractivity contribution in [2.75, 3.05) is 32.8 Å². The quantitative estimate of drug-likeness (QED) is 0.205. The maximum atomic E-state index is 14.9. The number of amides is 2. The zero-order valence-electron chi connectivity index (χ0n) is 24.2. The fourth-order valence-corrected chi connectivity index (χ4v) is 6.12. The summed E-state index contributed by atoms with van der Waals surface area (Å²) in [5, 5.41) is 0. The Morgan fingerprint density at radius 3 is 2.38 bits per heavy atom. The van der Waals surface area contributed by atoms with Gasteiger partial charge in [-0.2, -0.15) is 13.2 Å². The van der Waals surface area contributed by atoms with Crippen LogP contribution >= 0.6 is 0 Å². The predicted octanol–water partition coefficient (Wildman–Crippen LogP) is 6.03. The van der Waals surface area contributed by atoms with E-state index in [0.717, 1.165) is 12.8 Å². The molecule has 0 spiro atoms. The fourth-order valence-electron chi connectivity index (χ4n) is 6.12. The number of carbonyl (C=O) groups is 2. The zero-order valence-corrected chi connectivity index (χ0v) is 24.2. The van der Waals surface area contributed by atoms with Gasteiger partial charge in [0.1, 0.15) is 6.04 Å². The van der Waals surface area contributed by atoms with Gasteiger partial charge in [0.25, 0.3) is 5.91 Å². The van der Waals surface area contributed by atoms with Crippen molar-refractivity contribution in [3.05, 3.63) is 60.0 Å². The molecule has 1 aromatic rings. The summed E-state index contributed by atoms with van der Waals surface area (Å²) in [7, 11) is 0. The lowest BCUT2D eigenvalue weighted by molar-refractivity contribution is -0.256. The number of rotatable bonds is 10. The van der Waals surface area contributed by atoms with Crippen LogP contribution < -0.4 is 10.5 Å². The van der Waals surface area contributed by atoms with E-state index in [9.17, 15) is 27.2 Å². The second kappa shape index (κ2) is 13.4. The third kappa shape index (κ3) is 7.25. The SMILES string of the molecule is C=C/C(=C\C=C(/C)c1ccc(OCC2CCN(CC3(C(F)(F)F)CCC3)CC2)c(F)c1)C(=O)N1CCCC[C@@H]1C(N)=O. The van der Waals surface area contributed by atoms with Gasteiger partial charge in [0, 0.05) is 18.7 Å². The Morgan fingerprint density at radius 2 is 1.81 bits per heavy atom. The molecule has 0 bridgehead atoms. The number of nitrogens with zero attached hydrogens (tertiary/aromatic N) is 2. The lowest BCUT2D eigenvalue weighted by Gasteiger charge is -2.47. The molecule has 2 N–H and O–H groups in total. The molecule has 4 rings (SSSR count). The number of primary amides is 1. The summed E-state index contributed by atoms with van der Waals surface area (Å²) in [6.07, 6.45) is 5.23. The second-order valence-corrected chi connectivity index (χ2v) is 11.9. The summed E-state index contributed by atoms with van der Waals surface area (Å²) >= 11 is 0. The number of hydrogen-bond acceptors (Lipinski definition) is 4. The molecule has 3 fully saturated rings. The summed E-state index contributed by atoms with van der Waals surface area (Å²) in [6, 6.07) is 4.03. The van der Waals surface area contributed by atoms with E-state index in [1.165, 1.54) is 17.0 Å². The number of benzene rings is 1. The fraction of sp³-hybridized carbons (Fsp3) is 0.562. The molecule has 0 radical (unpaired) electrons. The van der Waals surface area contributed by atoms with Gasteiger partial charge in [-0.15, -0.1) is 0 Å². The minimum atomic E-state index is -4.16. The van der Waals surface area contributed by atoms with Crippen molar-refractivity contribution in [1.82, 2.24) is 9.80 Å². The first-order valence-corrected chi connectivity index (χ1v) is 14.8. The summed E-state index contributed by atoms with van der Waals surface area (Å²) in [6.45, 7) is 7.52. The van der Waals surface area contributed by atoms with Gasteiger partial charge in [0.15, 0.2) is 11.6 Å². The van der Waals surface area contributed by atoms with Gasteiger partial charge >= 0.3 is 6.18 Å². The Hall–Kier alpha value is -3.14. The van der Waals surface area contributed by atoms with Crippen molar-refractivity contribution < 1.29 is 31.9 Å². The third-order valence-corrected chi connectivity index (χ3v) is 9.08. The molecule has 1 aliphatic carbocycles. The standard InChI is InChI=1S/C32H41F4N3O3/c1-3-24(30(41)39-16-5-4-7-27(39)29(37)40)9-8-22(2)25-10-11-28(26(33)19-25)42-20-23-12-17-38(18-13-23)21-31(14-6-15-31)32(34,35)36/h3,8-11,19,23,27H,1,4-7,12-18,20-21H2,2H3,(H2,37,40)/b22-8+,24-9+/t27-/m1/s1. The Morgan fingerprint density at radius 1 is 1.10 bits per heavy atom. The highest BCUT2D eigenvalue weighted by atomic mass is 19.4. The van der Waals surface area contributed by atoms with Crippen molar-refractivity contribution in [3.8, 4) is 5.75 Å². The van der Waals surface area contributed by atoms with Gasteiger partial charge in [-0.05, 0) is 100 Å². The van der Waals surface area contributed by atoms with E-state index in [0.29, 0.717) is 68.6 Å². The molecule has 2 aliphatic heterocycles. The summed E-state index contributed by atoms with van der Waals surface area (Å²) in [5.41, 5.74) is 5.60. The normalized spacial score (nSPS) is 22.4. The van der Waals surface area contributed by atoms with Crippen molar-refractivity contribution in [3.63, 3.8) is 0 Å². The van der Waals surface area contributed by atoms with Crippen LogP contribution in [0.5, 0.6) is 5.75 Å². The molecule has 0 aromatic heterocycles. The predicted molar refractivity (Wildman–Crippen MR) is 154 cm³/mol. The van der Waals surface area contributed by atoms with Gasteiger partial charge < -0.3 is 20.3 Å². The molecule has 1 saturated carbocycles. The number of likely N-dealkylation sites (tertiary alicyclic amines) is 2. The summed E-state index contributed by atoms with van der Waals surface area (Å²) in [5.74, 6) is -1.08. The number of carbonyl (C=O) groups excluding carboxylic acids is 2. The first kappa shape index (κ1) is 31.8. The van der Waals surface area contributed by atoms with Gasteiger partial charge in [-0.1, -0.05) is 31.2 Å². The Balaban J connectivity index is 1.31. The number of alkyl halides is 3. The molecule has 1 aromatic carbocycles. The van der Waals surface area contributed by atoms with Crippen LogP contribution in [0.4, 0.5) is 17.6 Å². The van der Waals surface area contributed by atoms with Crippen LogP contribution in [0.1, 0.15) is 63.9 Å². The van der Waals surface area contributed by atoms with Crippen LogP contribution in [0.25, 0.3) is 5.57 Å². The van der Waals surface area contributed by atoms with E-state index < -0.39 is 29.4 Å². The molecule has 2 amide bonds. The number of nitrogens with two attached hydrogens (primary N) is 1. The lowest BCUT2D eigenvalue weighted by Crippen LogP contribution is -2.53. The van der Waals surface area contributed by atoms with Crippen LogP contribution in [0.15, 0.2) is 48.6 Å². The largest absolute Gasteiger partial charge is 0.490 e. The molecule has 2 saturated heterocycles. The lowest BCUT2D eigenvalue weighted by atomic mass is 9.67. The van der Waals surface area contributed by atoms with E-state index in [1.54, 1.807) is 31.2 Å². The van der Waals surface area contributed by atoms with Crippen LogP contribution in [-0.2, 0) is 9.59 Å². The zero-order chi connectivity index (χ0) is 30.5. The van der Waals surface area contributed by atoms with Crippen LogP contribution in [-0.4, -0.2) is 66.6 Å². The topological polar surface area (TPSA) is 75.9 Å². The van der Waals surface area contributed by atoms with Crippen molar-refractivity contribution in [2.24, 2.45) is 17.1 Å². The van der Waals surface area contributed by atoms with Gasteiger partial charge in [-0.3, -0.25) is 9.59 Å². The van der Waals surface area contributed by atoms with E-state index >= 15 is 0 Å². The minimum Gasteiger partial charge on any atom is -0.490 e. The molecule has 0 unspecified atom stereocenters. The van der Waals surface area contributed by atoms with Crippen LogP contribution in [0, 0.1) is 17.2 Å². The maximum absolute atomic E-state index is 14.9.